The van der Waals surface area contributed by atoms with Crippen LogP contribution in [-0.4, -0.2) is 62.0 Å². The zero-order valence-electron chi connectivity index (χ0n) is 15.7. The molecule has 0 unspecified atom stereocenters. The Bertz CT molecular complexity index is 980. The molecule has 1 aromatic carbocycles. The van der Waals surface area contributed by atoms with Gasteiger partial charge in [-0.3, -0.25) is 14.5 Å². The highest BCUT2D eigenvalue weighted by atomic mass is 35.5. The number of cyclic esters (lactones) is 1. The number of nitrogens with zero attached hydrogens (tertiary/aromatic N) is 4. The van der Waals surface area contributed by atoms with E-state index in [1.54, 1.807) is 18.5 Å². The van der Waals surface area contributed by atoms with E-state index in [0.717, 1.165) is 5.69 Å². The first-order chi connectivity index (χ1) is 14.5. The second-order valence-electron chi connectivity index (χ2n) is 6.64. The van der Waals surface area contributed by atoms with Crippen LogP contribution in [0.4, 0.5) is 16.2 Å². The van der Waals surface area contributed by atoms with Gasteiger partial charge in [-0.15, -0.1) is 11.3 Å². The molecule has 1 fully saturated rings. The topological polar surface area (TPSA) is 94.5 Å². The molecule has 3 heterocycles. The molecule has 0 radical (unpaired) electrons. The molecule has 1 N–H and O–H groups in total. The average molecular weight is 448 g/mol. The van der Waals surface area contributed by atoms with E-state index < -0.39 is 12.2 Å². The number of hydrazone groups is 1. The lowest BCUT2D eigenvalue weighted by Crippen LogP contribution is -2.37. The van der Waals surface area contributed by atoms with Gasteiger partial charge in [0.15, 0.2) is 0 Å². The monoisotopic (exact) mass is 447 g/mol. The van der Waals surface area contributed by atoms with Crippen molar-refractivity contribution in [2.75, 3.05) is 36.0 Å². The Hall–Kier alpha value is -3.11. The largest absolute Gasteiger partial charge is 0.442 e. The van der Waals surface area contributed by atoms with E-state index in [9.17, 15) is 14.4 Å². The Labute approximate surface area is 181 Å². The number of carbonyl (C=O) groups excluding carboxylic acids is 3. The van der Waals surface area contributed by atoms with Gasteiger partial charge in [0.2, 0.25) is 6.41 Å². The van der Waals surface area contributed by atoms with Crippen LogP contribution in [0.25, 0.3) is 0 Å². The Morgan fingerprint density at radius 3 is 2.63 bits per heavy atom. The Balaban J connectivity index is 1.34. The first kappa shape index (κ1) is 20.2. The number of benzene rings is 1. The predicted molar refractivity (Wildman–Crippen MR) is 114 cm³/mol. The van der Waals surface area contributed by atoms with Gasteiger partial charge in [-0.05, 0) is 36.4 Å². The van der Waals surface area contributed by atoms with Crippen molar-refractivity contribution in [2.45, 2.75) is 6.10 Å². The molecular formula is C19H18ClN5O4S. The number of thiophene rings is 1. The third-order valence-electron chi connectivity index (χ3n) is 4.69. The summed E-state index contributed by atoms with van der Waals surface area (Å²) < 4.78 is 5.91. The molecule has 1 saturated heterocycles. The number of carbonyl (C=O) groups is 3. The lowest BCUT2D eigenvalue weighted by molar-refractivity contribution is -0.118. The molecule has 1 atom stereocenters. The summed E-state index contributed by atoms with van der Waals surface area (Å²) in [6.07, 6.45) is 1.38. The average Bonchev–Trinajstić information content (AvgIpc) is 3.37. The standard InChI is InChI=1S/C19H18ClN5O4S/c20-17-6-5-16(30-17)18(27)21-9-15-10-25(19(28)29-15)14-3-1-13(2-4-14)23-7-8-24(12-26)22-11-23/h1-6,11-12,15H,7-10H2,(H,21,27)/t15-/m0/s1. The Morgan fingerprint density at radius 1 is 1.23 bits per heavy atom. The van der Waals surface area contributed by atoms with E-state index in [4.69, 9.17) is 16.3 Å². The van der Waals surface area contributed by atoms with Crippen molar-refractivity contribution in [1.29, 1.82) is 0 Å². The number of amides is 3. The summed E-state index contributed by atoms with van der Waals surface area (Å²) in [4.78, 5) is 39.1. The summed E-state index contributed by atoms with van der Waals surface area (Å²) in [6, 6.07) is 10.7. The van der Waals surface area contributed by atoms with Crippen LogP contribution in [0, 0.1) is 0 Å². The third-order valence-corrected chi connectivity index (χ3v) is 5.92. The number of nitrogens with one attached hydrogen (secondary N) is 1. The molecule has 3 amide bonds. The molecule has 11 heteroatoms. The van der Waals surface area contributed by atoms with Gasteiger partial charge in [0.1, 0.15) is 12.4 Å². The molecule has 9 nitrogen and oxygen atoms in total. The highest BCUT2D eigenvalue weighted by Crippen LogP contribution is 2.25. The molecule has 1 aromatic heterocycles. The van der Waals surface area contributed by atoms with E-state index in [0.29, 0.717) is 40.9 Å². The highest BCUT2D eigenvalue weighted by Gasteiger charge is 2.32. The molecule has 4 rings (SSSR count). The van der Waals surface area contributed by atoms with Crippen molar-refractivity contribution in [3.05, 3.63) is 45.6 Å². The van der Waals surface area contributed by atoms with Crippen LogP contribution in [0.15, 0.2) is 41.5 Å². The van der Waals surface area contributed by atoms with Crippen LogP contribution in [0.2, 0.25) is 4.34 Å². The summed E-state index contributed by atoms with van der Waals surface area (Å²) in [6.45, 7) is 1.69. The summed E-state index contributed by atoms with van der Waals surface area (Å²) in [5, 5.41) is 8.12. The summed E-state index contributed by atoms with van der Waals surface area (Å²) in [5.41, 5.74) is 1.60. The van der Waals surface area contributed by atoms with Gasteiger partial charge in [-0.25, -0.2) is 9.80 Å². The normalized spacial score (nSPS) is 18.5. The molecule has 30 heavy (non-hydrogen) atoms. The summed E-state index contributed by atoms with van der Waals surface area (Å²) >= 11 is 7.04. The second-order valence-corrected chi connectivity index (χ2v) is 8.35. The van der Waals surface area contributed by atoms with Gasteiger partial charge in [-0.1, -0.05) is 11.6 Å². The maximum atomic E-state index is 12.3. The highest BCUT2D eigenvalue weighted by molar-refractivity contribution is 7.18. The van der Waals surface area contributed by atoms with Crippen molar-refractivity contribution >= 4 is 59.1 Å². The zero-order valence-corrected chi connectivity index (χ0v) is 17.3. The minimum absolute atomic E-state index is 0.214. The van der Waals surface area contributed by atoms with Crippen LogP contribution >= 0.6 is 22.9 Å². The van der Waals surface area contributed by atoms with Gasteiger partial charge in [0.25, 0.3) is 5.91 Å². The number of anilines is 2. The Morgan fingerprint density at radius 2 is 2.00 bits per heavy atom. The van der Waals surface area contributed by atoms with Crippen molar-refractivity contribution < 1.29 is 19.1 Å². The summed E-state index contributed by atoms with van der Waals surface area (Å²) in [7, 11) is 0. The molecule has 2 aliphatic heterocycles. The van der Waals surface area contributed by atoms with Crippen LogP contribution in [0.5, 0.6) is 0 Å². The first-order valence-electron chi connectivity index (χ1n) is 9.18. The molecule has 156 valence electrons. The third kappa shape index (κ3) is 4.39. The zero-order chi connectivity index (χ0) is 21.1. The molecule has 0 spiro atoms. The van der Waals surface area contributed by atoms with Crippen LogP contribution in [0.3, 0.4) is 0 Å². The van der Waals surface area contributed by atoms with Crippen LogP contribution in [0.1, 0.15) is 9.67 Å². The smallest absolute Gasteiger partial charge is 0.414 e. The van der Waals surface area contributed by atoms with Crippen molar-refractivity contribution in [2.24, 2.45) is 5.10 Å². The SMILES string of the molecule is O=CN1CCN(c2ccc(N3C[C@H](CNC(=O)c4ccc(Cl)s4)OC3=O)cc2)C=N1. The van der Waals surface area contributed by atoms with E-state index in [1.807, 2.05) is 29.2 Å². The minimum Gasteiger partial charge on any atom is -0.442 e. The summed E-state index contributed by atoms with van der Waals surface area (Å²) in [5.74, 6) is -0.248. The second kappa shape index (κ2) is 8.72. The minimum atomic E-state index is -0.456. The molecule has 2 aromatic rings. The number of hydrogen-bond donors (Lipinski definition) is 1. The number of hydrogen-bond acceptors (Lipinski definition) is 7. The van der Waals surface area contributed by atoms with E-state index in [2.05, 4.69) is 10.4 Å². The van der Waals surface area contributed by atoms with Gasteiger partial charge in [0.05, 0.1) is 28.8 Å². The molecule has 0 bridgehead atoms. The van der Waals surface area contributed by atoms with Crippen molar-refractivity contribution in [3.8, 4) is 0 Å². The fourth-order valence-electron chi connectivity index (χ4n) is 3.12. The predicted octanol–water partition coefficient (Wildman–Crippen LogP) is 2.38. The number of rotatable bonds is 6. The first-order valence-corrected chi connectivity index (χ1v) is 10.4. The van der Waals surface area contributed by atoms with E-state index in [-0.39, 0.29) is 12.5 Å². The molecule has 0 aliphatic carbocycles. The molecule has 2 aliphatic rings. The quantitative estimate of drug-likeness (QED) is 0.686. The lowest BCUT2D eigenvalue weighted by atomic mass is 10.2. The van der Waals surface area contributed by atoms with Crippen LogP contribution < -0.4 is 15.1 Å². The van der Waals surface area contributed by atoms with E-state index >= 15 is 0 Å². The Kier molecular flexibility index (Phi) is 5.86. The molecule has 0 saturated carbocycles. The van der Waals surface area contributed by atoms with Gasteiger partial charge in [-0.2, -0.15) is 5.10 Å². The van der Waals surface area contributed by atoms with Gasteiger partial charge >= 0.3 is 6.09 Å². The van der Waals surface area contributed by atoms with Crippen molar-refractivity contribution in [3.63, 3.8) is 0 Å². The van der Waals surface area contributed by atoms with Gasteiger partial charge in [0, 0.05) is 17.9 Å². The maximum absolute atomic E-state index is 12.3. The van der Waals surface area contributed by atoms with Crippen molar-refractivity contribution in [1.82, 2.24) is 10.3 Å². The fourth-order valence-corrected chi connectivity index (χ4v) is 4.08. The van der Waals surface area contributed by atoms with Gasteiger partial charge < -0.3 is 15.0 Å². The van der Waals surface area contributed by atoms with Crippen LogP contribution in [-0.2, 0) is 9.53 Å². The number of halogens is 1. The number of ether oxygens (including phenoxy) is 1. The lowest BCUT2D eigenvalue weighted by Gasteiger charge is -2.26. The van der Waals surface area contributed by atoms with E-state index in [1.165, 1.54) is 21.2 Å². The maximum Gasteiger partial charge on any atom is 0.414 e. The fraction of sp³-hybridized carbons (Fsp3) is 0.263. The molecular weight excluding hydrogens is 430 g/mol.